The molecule has 0 saturated heterocycles. The molecule has 1 aliphatic heterocycles. The number of rotatable bonds is 4. The van der Waals surface area contributed by atoms with Crippen LogP contribution in [-0.4, -0.2) is 41.3 Å². The lowest BCUT2D eigenvalue weighted by Crippen LogP contribution is -2.33. The monoisotopic (exact) mass is 250 g/mol. The third kappa shape index (κ3) is 2.66. The van der Waals surface area contributed by atoms with Crippen LogP contribution in [0, 0.1) is 0 Å². The van der Waals surface area contributed by atoms with Gasteiger partial charge in [0.25, 0.3) is 5.91 Å². The molecule has 1 aliphatic rings. The van der Waals surface area contributed by atoms with Crippen LogP contribution in [0.2, 0.25) is 0 Å². The summed E-state index contributed by atoms with van der Waals surface area (Å²) in [6.07, 6.45) is -0.636. The van der Waals surface area contributed by atoms with E-state index in [0.717, 1.165) is 5.56 Å². The number of nitrogens with one attached hydrogen (secondary N) is 2. The number of fused-ring (bicyclic) bond motifs is 1. The molecule has 0 saturated carbocycles. The number of amides is 2. The number of benzene rings is 1. The topological polar surface area (TPSA) is 98.7 Å². The first-order valence-electron chi connectivity index (χ1n) is 5.60. The summed E-state index contributed by atoms with van der Waals surface area (Å²) in [5.41, 5.74) is 1.92. The third-order valence-electron chi connectivity index (χ3n) is 2.71. The molecule has 1 atom stereocenters. The van der Waals surface area contributed by atoms with E-state index < -0.39 is 12.7 Å². The van der Waals surface area contributed by atoms with Gasteiger partial charge in [-0.1, -0.05) is 6.07 Å². The van der Waals surface area contributed by atoms with Gasteiger partial charge in [0.1, 0.15) is 0 Å². The minimum atomic E-state index is -0.969. The lowest BCUT2D eigenvalue weighted by Gasteiger charge is -2.09. The summed E-state index contributed by atoms with van der Waals surface area (Å²) >= 11 is 0. The predicted octanol–water partition coefficient (Wildman–Crippen LogP) is -0.736. The fourth-order valence-corrected chi connectivity index (χ4v) is 1.73. The smallest absolute Gasteiger partial charge is 0.251 e. The Morgan fingerprint density at radius 1 is 1.50 bits per heavy atom. The summed E-state index contributed by atoms with van der Waals surface area (Å²) in [6.45, 7) is -0.417. The van der Waals surface area contributed by atoms with E-state index >= 15 is 0 Å². The van der Waals surface area contributed by atoms with E-state index in [1.54, 1.807) is 18.2 Å². The predicted molar refractivity (Wildman–Crippen MR) is 64.2 cm³/mol. The Kier molecular flexibility index (Phi) is 3.59. The van der Waals surface area contributed by atoms with Gasteiger partial charge in [-0.15, -0.1) is 0 Å². The fraction of sp³-hybridized carbons (Fsp3) is 0.333. The second kappa shape index (κ2) is 5.16. The Labute approximate surface area is 104 Å². The SMILES string of the molecule is O=C1Cc2ccc(C(=O)NCC(O)CO)cc2N1. The van der Waals surface area contributed by atoms with E-state index in [-0.39, 0.29) is 18.4 Å². The van der Waals surface area contributed by atoms with Crippen LogP contribution in [0.5, 0.6) is 0 Å². The summed E-state index contributed by atoms with van der Waals surface area (Å²) in [6, 6.07) is 4.95. The van der Waals surface area contributed by atoms with E-state index in [1.807, 2.05) is 0 Å². The average molecular weight is 250 g/mol. The molecule has 2 amide bonds. The Bertz CT molecular complexity index is 487. The highest BCUT2D eigenvalue weighted by molar-refractivity contribution is 6.02. The number of hydrogen-bond acceptors (Lipinski definition) is 4. The number of aliphatic hydroxyl groups is 2. The van der Waals surface area contributed by atoms with Crippen molar-refractivity contribution in [3.63, 3.8) is 0 Å². The van der Waals surface area contributed by atoms with Crippen molar-refractivity contribution in [1.29, 1.82) is 0 Å². The maximum Gasteiger partial charge on any atom is 0.251 e. The van der Waals surface area contributed by atoms with Crippen molar-refractivity contribution in [1.82, 2.24) is 5.32 Å². The molecule has 4 N–H and O–H groups in total. The Balaban J connectivity index is 2.04. The van der Waals surface area contributed by atoms with Gasteiger partial charge in [-0.05, 0) is 17.7 Å². The van der Waals surface area contributed by atoms with Crippen LogP contribution in [0.25, 0.3) is 0 Å². The van der Waals surface area contributed by atoms with E-state index in [1.165, 1.54) is 0 Å². The largest absolute Gasteiger partial charge is 0.394 e. The summed E-state index contributed by atoms with van der Waals surface area (Å²) < 4.78 is 0. The summed E-state index contributed by atoms with van der Waals surface area (Å²) in [7, 11) is 0. The van der Waals surface area contributed by atoms with Crippen LogP contribution < -0.4 is 10.6 Å². The van der Waals surface area contributed by atoms with E-state index in [0.29, 0.717) is 17.7 Å². The Morgan fingerprint density at radius 3 is 3.00 bits per heavy atom. The second-order valence-electron chi connectivity index (χ2n) is 4.14. The molecule has 1 aromatic carbocycles. The van der Waals surface area contributed by atoms with Crippen LogP contribution in [-0.2, 0) is 11.2 Å². The minimum Gasteiger partial charge on any atom is -0.394 e. The molecule has 0 radical (unpaired) electrons. The molecule has 2 rings (SSSR count). The van der Waals surface area contributed by atoms with E-state index in [9.17, 15) is 9.59 Å². The zero-order chi connectivity index (χ0) is 13.1. The lowest BCUT2D eigenvalue weighted by molar-refractivity contribution is -0.115. The average Bonchev–Trinajstić information content (AvgIpc) is 2.74. The van der Waals surface area contributed by atoms with Gasteiger partial charge in [-0.25, -0.2) is 0 Å². The molecule has 1 unspecified atom stereocenters. The van der Waals surface area contributed by atoms with E-state index in [2.05, 4.69) is 10.6 Å². The molecule has 6 heteroatoms. The zero-order valence-electron chi connectivity index (χ0n) is 9.64. The first-order chi connectivity index (χ1) is 8.60. The maximum absolute atomic E-state index is 11.7. The van der Waals surface area contributed by atoms with Gasteiger partial charge >= 0.3 is 0 Å². The third-order valence-corrected chi connectivity index (χ3v) is 2.71. The van der Waals surface area contributed by atoms with Crippen LogP contribution in [0.1, 0.15) is 15.9 Å². The van der Waals surface area contributed by atoms with Crippen molar-refractivity contribution >= 4 is 17.5 Å². The molecule has 6 nitrogen and oxygen atoms in total. The molecular formula is C12H14N2O4. The normalized spacial score (nSPS) is 14.9. The van der Waals surface area contributed by atoms with Crippen LogP contribution in [0.4, 0.5) is 5.69 Å². The van der Waals surface area contributed by atoms with Crippen molar-refractivity contribution in [2.45, 2.75) is 12.5 Å². The van der Waals surface area contributed by atoms with Gasteiger partial charge in [0, 0.05) is 17.8 Å². The van der Waals surface area contributed by atoms with Crippen molar-refractivity contribution < 1.29 is 19.8 Å². The first kappa shape index (κ1) is 12.5. The Morgan fingerprint density at radius 2 is 2.28 bits per heavy atom. The molecule has 18 heavy (non-hydrogen) atoms. The van der Waals surface area contributed by atoms with Gasteiger partial charge in [0.2, 0.25) is 5.91 Å². The van der Waals surface area contributed by atoms with Crippen molar-refractivity contribution in [3.05, 3.63) is 29.3 Å². The van der Waals surface area contributed by atoms with Crippen LogP contribution in [0.3, 0.4) is 0 Å². The van der Waals surface area contributed by atoms with Gasteiger partial charge in [0.15, 0.2) is 0 Å². The first-order valence-corrected chi connectivity index (χ1v) is 5.60. The van der Waals surface area contributed by atoms with Crippen molar-refractivity contribution in [2.75, 3.05) is 18.5 Å². The van der Waals surface area contributed by atoms with Crippen molar-refractivity contribution in [3.8, 4) is 0 Å². The molecule has 1 aromatic rings. The number of carbonyl (C=O) groups excluding carboxylic acids is 2. The number of hydrogen-bond donors (Lipinski definition) is 4. The minimum absolute atomic E-state index is 0.0151. The summed E-state index contributed by atoms with van der Waals surface area (Å²) in [4.78, 5) is 22.9. The van der Waals surface area contributed by atoms with Gasteiger partial charge in [0.05, 0.1) is 19.1 Å². The molecule has 0 bridgehead atoms. The Hall–Kier alpha value is -1.92. The molecule has 96 valence electrons. The molecule has 0 spiro atoms. The molecular weight excluding hydrogens is 236 g/mol. The highest BCUT2D eigenvalue weighted by atomic mass is 16.3. The molecule has 0 fully saturated rings. The fourth-order valence-electron chi connectivity index (χ4n) is 1.73. The molecule has 0 aliphatic carbocycles. The quantitative estimate of drug-likeness (QED) is 0.566. The van der Waals surface area contributed by atoms with E-state index in [4.69, 9.17) is 10.2 Å². The van der Waals surface area contributed by atoms with Gasteiger partial charge in [-0.2, -0.15) is 0 Å². The molecule has 1 heterocycles. The highest BCUT2D eigenvalue weighted by Gasteiger charge is 2.19. The highest BCUT2D eigenvalue weighted by Crippen LogP contribution is 2.23. The maximum atomic E-state index is 11.7. The van der Waals surface area contributed by atoms with Gasteiger partial charge < -0.3 is 20.8 Å². The number of carbonyl (C=O) groups is 2. The van der Waals surface area contributed by atoms with Crippen LogP contribution >= 0.6 is 0 Å². The van der Waals surface area contributed by atoms with Crippen LogP contribution in [0.15, 0.2) is 18.2 Å². The summed E-state index contributed by atoms with van der Waals surface area (Å²) in [5, 5.41) is 22.9. The summed E-state index contributed by atoms with van der Waals surface area (Å²) in [5.74, 6) is -0.440. The number of aliphatic hydroxyl groups excluding tert-OH is 2. The lowest BCUT2D eigenvalue weighted by atomic mass is 10.1. The standard InChI is InChI=1S/C12H14N2O4/c15-6-9(16)5-13-12(18)8-2-1-7-4-11(17)14-10(7)3-8/h1-3,9,15-16H,4-6H2,(H,13,18)(H,14,17). The number of anilines is 1. The van der Waals surface area contributed by atoms with Crippen molar-refractivity contribution in [2.24, 2.45) is 0 Å². The van der Waals surface area contributed by atoms with Gasteiger partial charge in [-0.3, -0.25) is 9.59 Å². The second-order valence-corrected chi connectivity index (χ2v) is 4.14. The molecule has 0 aromatic heterocycles. The zero-order valence-corrected chi connectivity index (χ0v) is 9.64.